The lowest BCUT2D eigenvalue weighted by atomic mass is 9.94. The maximum absolute atomic E-state index is 3.75. The van der Waals surface area contributed by atoms with Crippen molar-refractivity contribution in [3.8, 4) is 11.1 Å². The van der Waals surface area contributed by atoms with Gasteiger partial charge in [-0.15, -0.1) is 0 Å². The van der Waals surface area contributed by atoms with E-state index in [0.29, 0.717) is 0 Å². The molecule has 0 aromatic heterocycles. The van der Waals surface area contributed by atoms with Gasteiger partial charge in [-0.3, -0.25) is 0 Å². The Balaban J connectivity index is 2.26. The van der Waals surface area contributed by atoms with E-state index in [4.69, 9.17) is 0 Å². The zero-order valence-corrected chi connectivity index (χ0v) is 19.8. The van der Waals surface area contributed by atoms with Crippen LogP contribution in [-0.4, -0.2) is 0 Å². The third-order valence-corrected chi connectivity index (χ3v) is 9.11. The normalized spacial score (nSPS) is 11.3. The second-order valence-electron chi connectivity index (χ2n) is 5.54. The largest absolute Gasteiger partial charge is 0.0616 e. The third kappa shape index (κ3) is 2.83. The molecule has 118 valence electrons. The predicted octanol–water partition coefficient (Wildman–Crippen LogP) is 8.39. The molecule has 0 nitrogen and oxygen atoms in total. The Labute approximate surface area is 184 Å². The molecule has 0 unspecified atom stereocenters. The first kappa shape index (κ1) is 17.2. The lowest BCUT2D eigenvalue weighted by Crippen LogP contribution is -1.93. The van der Waals surface area contributed by atoms with Crippen molar-refractivity contribution in [2.45, 2.75) is 0 Å². The average Bonchev–Trinajstić information content (AvgIpc) is 2.58. The second kappa shape index (κ2) is 6.85. The van der Waals surface area contributed by atoms with Crippen LogP contribution in [0.2, 0.25) is 0 Å². The van der Waals surface area contributed by atoms with Crippen molar-refractivity contribution in [1.29, 1.82) is 0 Å². The number of fused-ring (bicyclic) bond motifs is 2. The van der Waals surface area contributed by atoms with Gasteiger partial charge in [0.1, 0.15) is 0 Å². The van der Waals surface area contributed by atoms with Crippen molar-refractivity contribution in [1.82, 2.24) is 0 Å². The zero-order valence-electron chi connectivity index (χ0n) is 12.3. The summed E-state index contributed by atoms with van der Waals surface area (Å²) in [4.78, 5) is 0. The molecular formula is C20H10Br2I2. The maximum atomic E-state index is 3.75. The summed E-state index contributed by atoms with van der Waals surface area (Å²) in [5.41, 5.74) is 2.59. The second-order valence-corrected chi connectivity index (χ2v) is 9.40. The number of rotatable bonds is 1. The highest BCUT2D eigenvalue weighted by Crippen LogP contribution is 2.44. The summed E-state index contributed by atoms with van der Waals surface area (Å²) in [6, 6.07) is 21.6. The molecule has 0 amide bonds. The summed E-state index contributed by atoms with van der Waals surface area (Å²) in [6.45, 7) is 0. The average molecular weight is 664 g/mol. The Bertz CT molecular complexity index is 1010. The fraction of sp³-hybridized carbons (Fsp3) is 0. The van der Waals surface area contributed by atoms with Crippen LogP contribution in [0.15, 0.2) is 69.6 Å². The fourth-order valence-electron chi connectivity index (χ4n) is 3.06. The molecule has 24 heavy (non-hydrogen) atoms. The van der Waals surface area contributed by atoms with Crippen LogP contribution < -0.4 is 0 Å². The molecule has 0 aliphatic carbocycles. The Morgan fingerprint density at radius 3 is 1.38 bits per heavy atom. The molecule has 0 aliphatic rings. The van der Waals surface area contributed by atoms with Crippen molar-refractivity contribution >= 4 is 98.6 Å². The van der Waals surface area contributed by atoms with E-state index in [0.717, 1.165) is 8.95 Å². The van der Waals surface area contributed by atoms with Crippen molar-refractivity contribution < 1.29 is 0 Å². The van der Waals surface area contributed by atoms with Gasteiger partial charge in [0.25, 0.3) is 0 Å². The molecule has 0 saturated heterocycles. The van der Waals surface area contributed by atoms with E-state index in [1.165, 1.54) is 39.8 Å². The van der Waals surface area contributed by atoms with E-state index in [-0.39, 0.29) is 0 Å². The van der Waals surface area contributed by atoms with Gasteiger partial charge in [0.15, 0.2) is 0 Å². The number of benzene rings is 4. The van der Waals surface area contributed by atoms with Crippen LogP contribution in [0.25, 0.3) is 32.7 Å². The van der Waals surface area contributed by atoms with Gasteiger partial charge in [-0.1, -0.05) is 48.5 Å². The van der Waals surface area contributed by atoms with Crippen LogP contribution in [0.4, 0.5) is 0 Å². The topological polar surface area (TPSA) is 0 Å². The molecule has 0 radical (unpaired) electrons. The molecule has 0 atom stereocenters. The molecule has 0 N–H and O–H groups in total. The summed E-state index contributed by atoms with van der Waals surface area (Å²) < 4.78 is 4.76. The lowest BCUT2D eigenvalue weighted by Gasteiger charge is -2.17. The first-order chi connectivity index (χ1) is 11.6. The summed E-state index contributed by atoms with van der Waals surface area (Å²) in [5, 5.41) is 5.07. The monoisotopic (exact) mass is 662 g/mol. The van der Waals surface area contributed by atoms with Gasteiger partial charge in [-0.25, -0.2) is 0 Å². The zero-order chi connectivity index (χ0) is 16.8. The van der Waals surface area contributed by atoms with Crippen molar-refractivity contribution in [2.75, 3.05) is 0 Å². The molecule has 4 aromatic carbocycles. The van der Waals surface area contributed by atoms with Gasteiger partial charge < -0.3 is 0 Å². The van der Waals surface area contributed by atoms with E-state index in [1.54, 1.807) is 0 Å². The van der Waals surface area contributed by atoms with Gasteiger partial charge in [-0.05, 0) is 111 Å². The molecule has 0 bridgehead atoms. The van der Waals surface area contributed by atoms with Gasteiger partial charge in [-0.2, -0.15) is 0 Å². The van der Waals surface area contributed by atoms with E-state index >= 15 is 0 Å². The summed E-state index contributed by atoms with van der Waals surface area (Å²) in [7, 11) is 0. The van der Waals surface area contributed by atoms with E-state index in [1.807, 2.05) is 0 Å². The van der Waals surface area contributed by atoms with Gasteiger partial charge in [0, 0.05) is 27.2 Å². The molecule has 4 rings (SSSR count). The predicted molar refractivity (Wildman–Crippen MR) is 128 cm³/mol. The van der Waals surface area contributed by atoms with Crippen molar-refractivity contribution in [2.24, 2.45) is 0 Å². The minimum absolute atomic E-state index is 1.14. The standard InChI is InChI=1S/C20H10Br2I2/c21-15-9-11-5-1-3-7-13(11)17(19(15)23)18-14-8-4-2-6-12(14)10-16(22)20(18)24/h1-10H. The number of hydrogen-bond acceptors (Lipinski definition) is 0. The smallest absolute Gasteiger partial charge is 0.0358 e. The minimum Gasteiger partial charge on any atom is -0.0616 e. The van der Waals surface area contributed by atoms with E-state index in [2.05, 4.69) is 138 Å². The highest BCUT2D eigenvalue weighted by Gasteiger charge is 2.18. The van der Waals surface area contributed by atoms with Gasteiger partial charge in [0.05, 0.1) is 0 Å². The van der Waals surface area contributed by atoms with Crippen LogP contribution >= 0.6 is 77.0 Å². The molecule has 4 aromatic rings. The molecular weight excluding hydrogens is 654 g/mol. The Kier molecular flexibility index (Phi) is 4.92. The van der Waals surface area contributed by atoms with Crippen LogP contribution in [0, 0.1) is 7.14 Å². The summed E-state index contributed by atoms with van der Waals surface area (Å²) in [6.07, 6.45) is 0. The first-order valence-corrected chi connectivity index (χ1v) is 11.1. The Morgan fingerprint density at radius 2 is 0.958 bits per heavy atom. The molecule has 0 heterocycles. The highest BCUT2D eigenvalue weighted by atomic mass is 127. The fourth-order valence-corrected chi connectivity index (χ4v) is 5.39. The van der Waals surface area contributed by atoms with E-state index < -0.39 is 0 Å². The first-order valence-electron chi connectivity index (χ1n) is 7.32. The Hall–Kier alpha value is -0.180. The number of halogens is 4. The van der Waals surface area contributed by atoms with Crippen LogP contribution in [0.3, 0.4) is 0 Å². The summed E-state index contributed by atoms with van der Waals surface area (Å²) >= 11 is 12.4. The molecule has 4 heteroatoms. The van der Waals surface area contributed by atoms with E-state index in [9.17, 15) is 0 Å². The number of hydrogen-bond donors (Lipinski definition) is 0. The molecule has 0 saturated carbocycles. The SMILES string of the molecule is Brc1cc2ccccc2c(-c2c(I)c(Br)cc3ccccc23)c1I. The van der Waals surface area contributed by atoms with Crippen molar-refractivity contribution in [3.63, 3.8) is 0 Å². The highest BCUT2D eigenvalue weighted by molar-refractivity contribution is 14.1. The maximum Gasteiger partial charge on any atom is 0.0358 e. The molecule has 0 aliphatic heterocycles. The van der Waals surface area contributed by atoms with Gasteiger partial charge >= 0.3 is 0 Å². The van der Waals surface area contributed by atoms with Crippen LogP contribution in [0.1, 0.15) is 0 Å². The van der Waals surface area contributed by atoms with Crippen LogP contribution in [0.5, 0.6) is 0 Å². The van der Waals surface area contributed by atoms with Crippen LogP contribution in [-0.2, 0) is 0 Å². The lowest BCUT2D eigenvalue weighted by molar-refractivity contribution is 1.57. The van der Waals surface area contributed by atoms with Crippen molar-refractivity contribution in [3.05, 3.63) is 76.7 Å². The minimum atomic E-state index is 1.14. The third-order valence-electron chi connectivity index (χ3n) is 4.13. The molecule has 0 spiro atoms. The quantitative estimate of drug-likeness (QED) is 0.180. The molecule has 0 fully saturated rings. The van der Waals surface area contributed by atoms with Gasteiger partial charge in [0.2, 0.25) is 0 Å². The summed E-state index contributed by atoms with van der Waals surface area (Å²) in [5.74, 6) is 0. The Morgan fingerprint density at radius 1 is 0.583 bits per heavy atom.